The summed E-state index contributed by atoms with van der Waals surface area (Å²) in [7, 11) is -5.21. The number of ether oxygens (including phenoxy) is 1. The number of methoxy groups -OCH3 is 1. The summed E-state index contributed by atoms with van der Waals surface area (Å²) in [5, 5.41) is 2.98. The van der Waals surface area contributed by atoms with Crippen molar-refractivity contribution in [2.24, 2.45) is 7.05 Å². The second-order valence-electron chi connectivity index (χ2n) is 7.70. The molecule has 2 aromatic carbocycles. The summed E-state index contributed by atoms with van der Waals surface area (Å²) in [6.07, 6.45) is 0.827. The second kappa shape index (κ2) is 8.90. The van der Waals surface area contributed by atoms with E-state index in [1.54, 1.807) is 26.1 Å². The van der Waals surface area contributed by atoms with E-state index in [1.807, 2.05) is 0 Å². The fraction of sp³-hybridized carbons (Fsp3) is 0.333. The molecule has 1 saturated heterocycles. The van der Waals surface area contributed by atoms with Crippen molar-refractivity contribution in [1.29, 1.82) is 0 Å². The summed E-state index contributed by atoms with van der Waals surface area (Å²) in [5.41, 5.74) is 0.820. The van der Waals surface area contributed by atoms with E-state index in [0.29, 0.717) is 22.2 Å². The van der Waals surface area contributed by atoms with Crippen LogP contribution in [0.3, 0.4) is 0 Å². The van der Waals surface area contributed by atoms with Gasteiger partial charge in [-0.2, -0.15) is 12.7 Å². The number of fused-ring (bicyclic) bond motifs is 1. The Kier molecular flexibility index (Phi) is 5.32. The summed E-state index contributed by atoms with van der Waals surface area (Å²) in [4.78, 5) is 16.8. The van der Waals surface area contributed by atoms with Crippen molar-refractivity contribution < 1.29 is 21.7 Å². The molecular formula is C21H23ClFN5O4S. The predicted molar refractivity (Wildman–Crippen MR) is 126 cm³/mol. The van der Waals surface area contributed by atoms with Crippen LogP contribution in [-0.4, -0.2) is 48.5 Å². The average Bonchev–Trinajstić information content (AvgIpc) is 3.25. The van der Waals surface area contributed by atoms with Gasteiger partial charge >= 0.3 is 10.2 Å². The van der Waals surface area contributed by atoms with Gasteiger partial charge in [0.25, 0.3) is 5.56 Å². The molecule has 2 N–H and O–H groups in total. The van der Waals surface area contributed by atoms with Crippen molar-refractivity contribution >= 4 is 49.8 Å². The molecule has 4 rings (SSSR count). The maximum Gasteiger partial charge on any atom is 0.301 e. The highest BCUT2D eigenvalue weighted by atomic mass is 35.5. The molecule has 176 valence electrons. The minimum atomic E-state index is -4.14. The summed E-state index contributed by atoms with van der Waals surface area (Å²) in [6.45, 7) is 1.56. The third-order valence-corrected chi connectivity index (χ3v) is 7.43. The fourth-order valence-electron chi connectivity index (χ4n) is 3.68. The number of benzene rings is 2. The zero-order chi connectivity index (χ0) is 26.4. The summed E-state index contributed by atoms with van der Waals surface area (Å²) in [5.74, 6) is -0.742. The lowest BCUT2D eigenvalue weighted by Gasteiger charge is -2.20. The molecule has 33 heavy (non-hydrogen) atoms. The van der Waals surface area contributed by atoms with Gasteiger partial charge in [0.15, 0.2) is 0 Å². The molecule has 1 atom stereocenters. The first-order valence-electron chi connectivity index (χ1n) is 11.4. The van der Waals surface area contributed by atoms with Crippen molar-refractivity contribution in [1.82, 2.24) is 13.9 Å². The summed E-state index contributed by atoms with van der Waals surface area (Å²) < 4.78 is 71.7. The van der Waals surface area contributed by atoms with Gasteiger partial charge in [-0.05, 0) is 43.2 Å². The predicted octanol–water partition coefficient (Wildman–Crippen LogP) is 3.16. The second-order valence-corrected chi connectivity index (χ2v) is 9.74. The Morgan fingerprint density at radius 1 is 1.30 bits per heavy atom. The van der Waals surface area contributed by atoms with Crippen molar-refractivity contribution in [2.75, 3.05) is 30.2 Å². The van der Waals surface area contributed by atoms with Crippen LogP contribution in [-0.2, 0) is 22.0 Å². The first-order chi connectivity index (χ1) is 16.8. The average molecular weight is 499 g/mol. The van der Waals surface area contributed by atoms with Crippen LogP contribution in [0.25, 0.3) is 10.9 Å². The van der Waals surface area contributed by atoms with Crippen molar-refractivity contribution in [2.45, 2.75) is 19.4 Å². The van der Waals surface area contributed by atoms with Crippen LogP contribution in [0.2, 0.25) is 5.02 Å². The Labute approximate surface area is 199 Å². The smallest absolute Gasteiger partial charge is 0.301 e. The Hall–Kier alpha value is -2.73. The standard InChI is InChI=1S/C21H23ClFN5O4S/c1-12-15(6-7-16-18(12)21(29)27(2)11-24-16)25-20-14(23)4-5-17(19(20)22)26-33(30,31)28-9-8-13(10-28)32-3/h4-7,11,13,25-26H,8-10H2,1-3H3/i3D3. The highest BCUT2D eigenvalue weighted by Gasteiger charge is 2.32. The van der Waals surface area contributed by atoms with Crippen LogP contribution in [0, 0.1) is 12.7 Å². The van der Waals surface area contributed by atoms with Crippen molar-refractivity contribution in [3.8, 4) is 0 Å². The van der Waals surface area contributed by atoms with Gasteiger partial charge in [0, 0.05) is 32.9 Å². The van der Waals surface area contributed by atoms with Gasteiger partial charge in [-0.1, -0.05) is 11.6 Å². The number of nitrogens with zero attached hydrogens (tertiary/aromatic N) is 3. The van der Waals surface area contributed by atoms with Crippen LogP contribution in [0.4, 0.5) is 21.5 Å². The largest absolute Gasteiger partial charge is 0.380 e. The quantitative estimate of drug-likeness (QED) is 0.541. The zero-order valence-electron chi connectivity index (χ0n) is 20.7. The van der Waals surface area contributed by atoms with E-state index < -0.39 is 29.2 Å². The van der Waals surface area contributed by atoms with Crippen LogP contribution in [0.1, 0.15) is 16.1 Å². The van der Waals surface area contributed by atoms with E-state index in [-0.39, 0.29) is 41.5 Å². The summed E-state index contributed by atoms with van der Waals surface area (Å²) >= 11 is 6.39. The number of nitrogens with one attached hydrogen (secondary N) is 2. The monoisotopic (exact) mass is 498 g/mol. The van der Waals surface area contributed by atoms with Gasteiger partial charge in [0.2, 0.25) is 0 Å². The number of rotatable bonds is 6. The van der Waals surface area contributed by atoms with E-state index >= 15 is 0 Å². The Balaban J connectivity index is 1.61. The molecule has 0 spiro atoms. The lowest BCUT2D eigenvalue weighted by molar-refractivity contribution is 0.115. The van der Waals surface area contributed by atoms with E-state index in [0.717, 1.165) is 10.4 Å². The molecule has 0 amide bonds. The van der Waals surface area contributed by atoms with E-state index in [1.165, 1.54) is 17.0 Å². The van der Waals surface area contributed by atoms with Crippen LogP contribution >= 0.6 is 11.6 Å². The van der Waals surface area contributed by atoms with Gasteiger partial charge in [-0.3, -0.25) is 9.52 Å². The number of aromatic nitrogens is 2. The maximum atomic E-state index is 14.8. The maximum absolute atomic E-state index is 14.8. The van der Waals surface area contributed by atoms with Crippen molar-refractivity contribution in [3.05, 3.63) is 57.3 Å². The molecule has 1 unspecified atom stereocenters. The zero-order valence-corrected chi connectivity index (χ0v) is 19.3. The number of hydrogen-bond acceptors (Lipinski definition) is 6. The number of aryl methyl sites for hydroxylation is 2. The van der Waals surface area contributed by atoms with Gasteiger partial charge in [0.05, 0.1) is 43.8 Å². The molecule has 12 heteroatoms. The molecule has 2 heterocycles. The third kappa shape index (κ3) is 4.41. The van der Waals surface area contributed by atoms with Crippen LogP contribution in [0.5, 0.6) is 0 Å². The topological polar surface area (TPSA) is 106 Å². The van der Waals surface area contributed by atoms with Gasteiger partial charge in [-0.25, -0.2) is 9.37 Å². The van der Waals surface area contributed by atoms with Crippen LogP contribution < -0.4 is 15.6 Å². The highest BCUT2D eigenvalue weighted by molar-refractivity contribution is 7.90. The van der Waals surface area contributed by atoms with Gasteiger partial charge in [-0.15, -0.1) is 0 Å². The molecule has 9 nitrogen and oxygen atoms in total. The lowest BCUT2D eigenvalue weighted by Crippen LogP contribution is -2.35. The van der Waals surface area contributed by atoms with Crippen molar-refractivity contribution in [3.63, 3.8) is 0 Å². The molecule has 0 radical (unpaired) electrons. The van der Waals surface area contributed by atoms with Gasteiger partial charge in [0.1, 0.15) is 5.82 Å². The van der Waals surface area contributed by atoms with E-state index in [9.17, 15) is 17.6 Å². The molecule has 3 aromatic rings. The third-order valence-electron chi connectivity index (χ3n) is 5.55. The fourth-order valence-corrected chi connectivity index (χ4v) is 5.27. The summed E-state index contributed by atoms with van der Waals surface area (Å²) in [6, 6.07) is 5.45. The molecule has 1 aliphatic rings. The van der Waals surface area contributed by atoms with E-state index in [2.05, 4.69) is 15.0 Å². The Bertz CT molecular complexity index is 1500. The SMILES string of the molecule is [2H]C([2H])([2H])OC1CCN(S(=O)(=O)Nc2ccc(F)c(Nc3ccc4ncn(C)c(=O)c4c3C)c2Cl)C1. The number of hydrogen-bond donors (Lipinski definition) is 2. The van der Waals surface area contributed by atoms with E-state index in [4.69, 9.17) is 20.5 Å². The molecule has 0 saturated carbocycles. The number of anilines is 3. The van der Waals surface area contributed by atoms with Crippen LogP contribution in [0.15, 0.2) is 35.4 Å². The minimum absolute atomic E-state index is 0.0410. The van der Waals surface area contributed by atoms with Gasteiger partial charge < -0.3 is 14.6 Å². The lowest BCUT2D eigenvalue weighted by atomic mass is 10.1. The molecule has 1 aromatic heterocycles. The molecular weight excluding hydrogens is 473 g/mol. The minimum Gasteiger partial charge on any atom is -0.380 e. The molecule has 1 aliphatic heterocycles. The molecule has 1 fully saturated rings. The molecule has 0 aliphatic carbocycles. The highest BCUT2D eigenvalue weighted by Crippen LogP contribution is 2.37. The molecule has 0 bridgehead atoms. The Morgan fingerprint density at radius 2 is 2.06 bits per heavy atom. The first-order valence-corrected chi connectivity index (χ1v) is 11.7. The normalized spacial score (nSPS) is 18.7. The Morgan fingerprint density at radius 3 is 2.82 bits per heavy atom. The number of halogens is 2. The first kappa shape index (κ1) is 19.7.